The minimum atomic E-state index is -1.70. The molecule has 0 aliphatic rings. The van der Waals surface area contributed by atoms with E-state index in [0.29, 0.717) is 0 Å². The van der Waals surface area contributed by atoms with E-state index >= 15 is 0 Å². The molecule has 0 aromatic heterocycles. The number of carbonyl (C=O) groups is 2. The van der Waals surface area contributed by atoms with Gasteiger partial charge in [0.2, 0.25) is 0 Å². The lowest BCUT2D eigenvalue weighted by atomic mass is 10.0. The van der Waals surface area contributed by atoms with E-state index in [-0.39, 0.29) is 12.8 Å². The van der Waals surface area contributed by atoms with Crippen molar-refractivity contribution in [2.75, 3.05) is 13.2 Å². The van der Waals surface area contributed by atoms with Gasteiger partial charge in [-0.15, -0.1) is 0 Å². The molecule has 8 heteroatoms. The molecular formula is C12H22O8. The van der Waals surface area contributed by atoms with Crippen LogP contribution in [0.3, 0.4) is 0 Å². The first-order valence-electron chi connectivity index (χ1n) is 6.37. The molecule has 8 nitrogen and oxygen atoms in total. The van der Waals surface area contributed by atoms with Gasteiger partial charge in [-0.2, -0.15) is 0 Å². The number of hydrogen-bond acceptors (Lipinski definition) is 8. The van der Waals surface area contributed by atoms with Crippen molar-refractivity contribution in [2.24, 2.45) is 0 Å². The molecule has 0 heterocycles. The summed E-state index contributed by atoms with van der Waals surface area (Å²) in [7, 11) is 0. The van der Waals surface area contributed by atoms with Crippen LogP contribution in [0, 0.1) is 0 Å². The largest absolute Gasteiger partial charge is 0.463 e. The summed E-state index contributed by atoms with van der Waals surface area (Å²) in [5.41, 5.74) is 0. The summed E-state index contributed by atoms with van der Waals surface area (Å²) < 4.78 is 9.49. The lowest BCUT2D eigenvalue weighted by Crippen LogP contribution is -2.49. The topological polar surface area (TPSA) is 134 Å². The first-order valence-corrected chi connectivity index (χ1v) is 6.37. The molecule has 0 fully saturated rings. The Bertz CT molecular complexity index is 306. The van der Waals surface area contributed by atoms with E-state index in [4.69, 9.17) is 9.84 Å². The highest BCUT2D eigenvalue weighted by molar-refractivity contribution is 5.69. The summed E-state index contributed by atoms with van der Waals surface area (Å²) in [6.07, 6.45) is -6.22. The van der Waals surface area contributed by atoms with Crippen LogP contribution in [0.1, 0.15) is 26.7 Å². The second kappa shape index (κ2) is 9.65. The minimum Gasteiger partial charge on any atom is -0.463 e. The van der Waals surface area contributed by atoms with Crippen LogP contribution in [0.15, 0.2) is 0 Å². The number of ether oxygens (including phenoxy) is 2. The Morgan fingerprint density at radius 3 is 2.00 bits per heavy atom. The van der Waals surface area contributed by atoms with E-state index in [2.05, 4.69) is 4.74 Å². The average Bonchev–Trinajstić information content (AvgIpc) is 2.47. The van der Waals surface area contributed by atoms with E-state index in [1.54, 1.807) is 6.92 Å². The van der Waals surface area contributed by atoms with Crippen molar-refractivity contribution in [2.45, 2.75) is 51.1 Å². The van der Waals surface area contributed by atoms with E-state index in [0.717, 1.165) is 0 Å². The summed E-state index contributed by atoms with van der Waals surface area (Å²) in [5, 5.41) is 37.6. The molecule has 0 aliphatic carbocycles. The molecule has 0 radical (unpaired) electrons. The van der Waals surface area contributed by atoms with Gasteiger partial charge in [0.1, 0.15) is 24.9 Å². The zero-order chi connectivity index (χ0) is 15.7. The molecule has 4 atom stereocenters. The lowest BCUT2D eigenvalue weighted by molar-refractivity contribution is -0.180. The predicted molar refractivity (Wildman–Crippen MR) is 66.5 cm³/mol. The fourth-order valence-corrected chi connectivity index (χ4v) is 1.31. The van der Waals surface area contributed by atoms with Gasteiger partial charge in [0.25, 0.3) is 0 Å². The van der Waals surface area contributed by atoms with Crippen molar-refractivity contribution in [1.29, 1.82) is 0 Å². The molecule has 0 saturated carbocycles. The third-order valence-electron chi connectivity index (χ3n) is 2.56. The highest BCUT2D eigenvalue weighted by Gasteiger charge is 2.35. The van der Waals surface area contributed by atoms with Gasteiger partial charge in [-0.05, 0) is 0 Å². The smallest absolute Gasteiger partial charge is 0.305 e. The zero-order valence-electron chi connectivity index (χ0n) is 11.6. The van der Waals surface area contributed by atoms with E-state index in [1.807, 2.05) is 0 Å². The van der Waals surface area contributed by atoms with Gasteiger partial charge in [0.15, 0.2) is 6.10 Å². The maximum absolute atomic E-state index is 11.2. The average molecular weight is 294 g/mol. The quantitative estimate of drug-likeness (QED) is 0.371. The zero-order valence-corrected chi connectivity index (χ0v) is 11.6. The van der Waals surface area contributed by atoms with Crippen LogP contribution in [-0.2, 0) is 19.1 Å². The number of rotatable bonds is 9. The third kappa shape index (κ3) is 6.29. The molecule has 0 amide bonds. The standard InChI is InChI=1S/C12H22O8/c1-3-9(16)19-6-8(15)12(20-10(17)4-2)11(18)7(14)5-13/h7-8,11-15,18H,3-6H2,1-2H3/t7-,8+,11-,12-/m0/s1. The molecule has 0 rings (SSSR count). The maximum atomic E-state index is 11.2. The second-order valence-corrected chi connectivity index (χ2v) is 4.15. The van der Waals surface area contributed by atoms with Gasteiger partial charge in [-0.3, -0.25) is 9.59 Å². The Morgan fingerprint density at radius 2 is 1.55 bits per heavy atom. The highest BCUT2D eigenvalue weighted by Crippen LogP contribution is 2.12. The first-order chi connectivity index (χ1) is 9.37. The molecule has 20 heavy (non-hydrogen) atoms. The molecule has 118 valence electrons. The van der Waals surface area contributed by atoms with E-state index in [1.165, 1.54) is 6.92 Å². The second-order valence-electron chi connectivity index (χ2n) is 4.15. The Balaban J connectivity index is 4.72. The fraction of sp³-hybridized carbons (Fsp3) is 0.833. The Hall–Kier alpha value is -1.22. The van der Waals surface area contributed by atoms with Crippen molar-refractivity contribution in [3.05, 3.63) is 0 Å². The molecule has 0 aliphatic heterocycles. The number of carbonyl (C=O) groups excluding carboxylic acids is 2. The molecule has 4 N–H and O–H groups in total. The van der Waals surface area contributed by atoms with Gasteiger partial charge >= 0.3 is 11.9 Å². The molecule has 0 aromatic rings. The van der Waals surface area contributed by atoms with Gasteiger partial charge in [0.05, 0.1) is 6.61 Å². The van der Waals surface area contributed by atoms with Crippen LogP contribution in [0.25, 0.3) is 0 Å². The Labute approximate surface area is 116 Å². The number of esters is 2. The third-order valence-corrected chi connectivity index (χ3v) is 2.56. The summed E-state index contributed by atoms with van der Waals surface area (Å²) >= 11 is 0. The molecule has 0 aromatic carbocycles. The molecular weight excluding hydrogens is 272 g/mol. The van der Waals surface area contributed by atoms with E-state index in [9.17, 15) is 24.9 Å². The maximum Gasteiger partial charge on any atom is 0.305 e. The van der Waals surface area contributed by atoms with E-state index < -0.39 is 49.6 Å². The molecule has 0 saturated heterocycles. The van der Waals surface area contributed by atoms with Gasteiger partial charge < -0.3 is 29.9 Å². The van der Waals surface area contributed by atoms with Crippen molar-refractivity contribution in [3.63, 3.8) is 0 Å². The molecule has 0 bridgehead atoms. The summed E-state index contributed by atoms with van der Waals surface area (Å²) in [6, 6.07) is 0. The SMILES string of the molecule is CCC(=O)OC[C@@H](O)[C@H](OC(=O)CC)[C@@H](O)[C@@H](O)CO. The molecule has 0 unspecified atom stereocenters. The normalized spacial score (nSPS) is 16.9. The number of aliphatic hydroxyl groups is 4. The van der Waals surface area contributed by atoms with Crippen molar-refractivity contribution in [3.8, 4) is 0 Å². The molecule has 0 spiro atoms. The monoisotopic (exact) mass is 294 g/mol. The minimum absolute atomic E-state index is 0.0000913. The summed E-state index contributed by atoms with van der Waals surface area (Å²) in [4.78, 5) is 22.2. The van der Waals surface area contributed by atoms with Crippen molar-refractivity contribution >= 4 is 11.9 Å². The van der Waals surface area contributed by atoms with Gasteiger partial charge in [0, 0.05) is 12.8 Å². The van der Waals surface area contributed by atoms with Crippen LogP contribution in [0.2, 0.25) is 0 Å². The highest BCUT2D eigenvalue weighted by atomic mass is 16.6. The fourth-order valence-electron chi connectivity index (χ4n) is 1.31. The first kappa shape index (κ1) is 18.8. The van der Waals surface area contributed by atoms with Crippen LogP contribution in [0.4, 0.5) is 0 Å². The van der Waals surface area contributed by atoms with Crippen molar-refractivity contribution in [1.82, 2.24) is 0 Å². The number of hydrogen-bond donors (Lipinski definition) is 4. The van der Waals surface area contributed by atoms with Crippen LogP contribution in [0.5, 0.6) is 0 Å². The number of aliphatic hydroxyl groups excluding tert-OH is 4. The summed E-state index contributed by atoms with van der Waals surface area (Å²) in [5.74, 6) is -1.28. The van der Waals surface area contributed by atoms with Crippen molar-refractivity contribution < 1.29 is 39.5 Å². The lowest BCUT2D eigenvalue weighted by Gasteiger charge is -2.29. The van der Waals surface area contributed by atoms with Gasteiger partial charge in [-0.1, -0.05) is 13.8 Å². The van der Waals surface area contributed by atoms with Gasteiger partial charge in [-0.25, -0.2) is 0 Å². The predicted octanol–water partition coefficient (Wildman–Crippen LogP) is -1.66. The Kier molecular flexibility index (Phi) is 9.06. The van der Waals surface area contributed by atoms with Crippen LogP contribution < -0.4 is 0 Å². The Morgan fingerprint density at radius 1 is 1.00 bits per heavy atom. The van der Waals surface area contributed by atoms with Crippen LogP contribution in [-0.4, -0.2) is 70.0 Å². The summed E-state index contributed by atoms with van der Waals surface area (Å²) in [6.45, 7) is 1.80. The van der Waals surface area contributed by atoms with Crippen LogP contribution >= 0.6 is 0 Å².